The van der Waals surface area contributed by atoms with Crippen LogP contribution in [0, 0.1) is 17.5 Å². The third-order valence-corrected chi connectivity index (χ3v) is 3.66. The number of nitrogens with one attached hydrogen (secondary N) is 2. The number of esters is 1. The summed E-state index contributed by atoms with van der Waals surface area (Å²) in [4.78, 5) is 34.9. The Kier molecular flexibility index (Phi) is 6.12. The zero-order valence-electron chi connectivity index (χ0n) is 12.5. The summed E-state index contributed by atoms with van der Waals surface area (Å²) in [5, 5.41) is 5.78. The largest absolute Gasteiger partial charge is 0.451 e. The maximum absolute atomic E-state index is 13.4. The maximum atomic E-state index is 13.4. The predicted molar refractivity (Wildman–Crippen MR) is 82.6 cm³/mol. The highest BCUT2D eigenvalue weighted by atomic mass is 32.1. The molecule has 0 aliphatic heterocycles. The van der Waals surface area contributed by atoms with Crippen LogP contribution >= 0.6 is 11.3 Å². The van der Waals surface area contributed by atoms with E-state index in [9.17, 15) is 27.6 Å². The first-order valence-corrected chi connectivity index (χ1v) is 7.67. The summed E-state index contributed by atoms with van der Waals surface area (Å²) in [5.74, 6) is -6.98. The second-order valence-corrected chi connectivity index (χ2v) is 5.55. The van der Waals surface area contributed by atoms with Crippen LogP contribution < -0.4 is 10.6 Å². The number of anilines is 1. The number of thiophene rings is 1. The molecule has 0 fully saturated rings. The van der Waals surface area contributed by atoms with Gasteiger partial charge in [0, 0.05) is 0 Å². The van der Waals surface area contributed by atoms with Crippen molar-refractivity contribution in [2.75, 3.05) is 18.5 Å². The lowest BCUT2D eigenvalue weighted by atomic mass is 10.2. The van der Waals surface area contributed by atoms with Crippen molar-refractivity contribution in [3.05, 3.63) is 52.0 Å². The van der Waals surface area contributed by atoms with Gasteiger partial charge >= 0.3 is 5.97 Å². The zero-order chi connectivity index (χ0) is 18.4. The number of ether oxygens (including phenoxy) is 1. The molecule has 0 aliphatic rings. The van der Waals surface area contributed by atoms with Gasteiger partial charge in [-0.1, -0.05) is 6.07 Å². The van der Waals surface area contributed by atoms with Crippen LogP contribution in [0.1, 0.15) is 9.67 Å². The second-order valence-electron chi connectivity index (χ2n) is 4.60. The maximum Gasteiger partial charge on any atom is 0.348 e. The van der Waals surface area contributed by atoms with Crippen LogP contribution in [-0.2, 0) is 14.3 Å². The SMILES string of the molecule is O=C(COC(=O)c1cccs1)NCC(=O)Nc1ccc(F)c(F)c1F. The topological polar surface area (TPSA) is 84.5 Å². The molecule has 1 heterocycles. The second kappa shape index (κ2) is 8.29. The van der Waals surface area contributed by atoms with E-state index in [4.69, 9.17) is 4.74 Å². The molecule has 6 nitrogen and oxygen atoms in total. The quantitative estimate of drug-likeness (QED) is 0.601. The summed E-state index contributed by atoms with van der Waals surface area (Å²) in [5.41, 5.74) is -0.567. The van der Waals surface area contributed by atoms with Crippen molar-refractivity contribution < 1.29 is 32.3 Å². The number of carbonyl (C=O) groups is 3. The molecule has 0 spiro atoms. The fourth-order valence-electron chi connectivity index (χ4n) is 1.64. The molecule has 2 N–H and O–H groups in total. The molecular formula is C15H11F3N2O4S. The van der Waals surface area contributed by atoms with Crippen LogP contribution in [0.5, 0.6) is 0 Å². The molecule has 25 heavy (non-hydrogen) atoms. The van der Waals surface area contributed by atoms with Gasteiger partial charge in [-0.05, 0) is 23.6 Å². The first-order chi connectivity index (χ1) is 11.9. The van der Waals surface area contributed by atoms with Crippen LogP contribution in [0.3, 0.4) is 0 Å². The standard InChI is InChI=1S/C15H11F3N2O4S/c16-8-3-4-9(14(18)13(8)17)20-11(21)6-19-12(22)7-24-15(23)10-2-1-5-25-10/h1-5H,6-7H2,(H,19,22)(H,20,21). The minimum atomic E-state index is -1.72. The van der Waals surface area contributed by atoms with E-state index >= 15 is 0 Å². The Labute approximate surface area is 143 Å². The van der Waals surface area contributed by atoms with Crippen molar-refractivity contribution in [1.82, 2.24) is 5.32 Å². The molecule has 0 radical (unpaired) electrons. The summed E-state index contributed by atoms with van der Waals surface area (Å²) < 4.78 is 43.9. The normalized spacial score (nSPS) is 10.2. The minimum Gasteiger partial charge on any atom is -0.451 e. The molecule has 1 aromatic carbocycles. The highest BCUT2D eigenvalue weighted by Gasteiger charge is 2.16. The number of rotatable bonds is 6. The molecule has 2 aromatic rings. The van der Waals surface area contributed by atoms with E-state index < -0.39 is 54.1 Å². The average Bonchev–Trinajstić information content (AvgIpc) is 3.13. The molecule has 0 atom stereocenters. The molecule has 10 heteroatoms. The van der Waals surface area contributed by atoms with Crippen LogP contribution in [0.2, 0.25) is 0 Å². The Bertz CT molecular complexity index is 796. The van der Waals surface area contributed by atoms with Crippen LogP contribution in [-0.4, -0.2) is 30.9 Å². The van der Waals surface area contributed by atoms with Crippen molar-refractivity contribution in [3.63, 3.8) is 0 Å². The lowest BCUT2D eigenvalue weighted by Crippen LogP contribution is -2.35. The number of hydrogen-bond donors (Lipinski definition) is 2. The van der Waals surface area contributed by atoms with Gasteiger partial charge in [0.15, 0.2) is 24.1 Å². The lowest BCUT2D eigenvalue weighted by molar-refractivity contribution is -0.126. The van der Waals surface area contributed by atoms with E-state index in [-0.39, 0.29) is 0 Å². The van der Waals surface area contributed by atoms with Gasteiger partial charge < -0.3 is 15.4 Å². The average molecular weight is 372 g/mol. The zero-order valence-corrected chi connectivity index (χ0v) is 13.3. The summed E-state index contributed by atoms with van der Waals surface area (Å²) in [6.07, 6.45) is 0. The summed E-state index contributed by atoms with van der Waals surface area (Å²) in [7, 11) is 0. The van der Waals surface area contributed by atoms with Crippen molar-refractivity contribution in [2.24, 2.45) is 0 Å². The monoisotopic (exact) mass is 372 g/mol. The fraction of sp³-hybridized carbons (Fsp3) is 0.133. The molecular weight excluding hydrogens is 361 g/mol. The van der Waals surface area contributed by atoms with Gasteiger partial charge in [-0.25, -0.2) is 18.0 Å². The van der Waals surface area contributed by atoms with Crippen LogP contribution in [0.15, 0.2) is 29.6 Å². The molecule has 0 saturated carbocycles. The fourth-order valence-corrected chi connectivity index (χ4v) is 2.26. The smallest absolute Gasteiger partial charge is 0.348 e. The van der Waals surface area contributed by atoms with Crippen molar-refractivity contribution in [3.8, 4) is 0 Å². The van der Waals surface area contributed by atoms with Crippen molar-refractivity contribution in [2.45, 2.75) is 0 Å². The van der Waals surface area contributed by atoms with Crippen LogP contribution in [0.4, 0.5) is 18.9 Å². The molecule has 1 aromatic heterocycles. The Morgan fingerprint density at radius 2 is 1.80 bits per heavy atom. The Morgan fingerprint density at radius 3 is 2.48 bits per heavy atom. The number of hydrogen-bond acceptors (Lipinski definition) is 5. The highest BCUT2D eigenvalue weighted by Crippen LogP contribution is 2.19. The summed E-state index contributed by atoms with van der Waals surface area (Å²) >= 11 is 1.14. The first kappa shape index (κ1) is 18.5. The molecule has 0 saturated heterocycles. The predicted octanol–water partition coefficient (Wildman–Crippen LogP) is 2.08. The highest BCUT2D eigenvalue weighted by molar-refractivity contribution is 7.11. The van der Waals surface area contributed by atoms with E-state index in [1.807, 2.05) is 5.32 Å². The van der Waals surface area contributed by atoms with Gasteiger partial charge in [0.05, 0.1) is 12.2 Å². The van der Waals surface area contributed by atoms with Gasteiger partial charge in [0.25, 0.3) is 5.91 Å². The number of halogens is 3. The third kappa shape index (κ3) is 5.05. The summed E-state index contributed by atoms with van der Waals surface area (Å²) in [6.45, 7) is -1.18. The van der Waals surface area contributed by atoms with E-state index in [0.29, 0.717) is 10.9 Å². The molecule has 2 amide bonds. The van der Waals surface area contributed by atoms with E-state index in [1.54, 1.807) is 11.4 Å². The first-order valence-electron chi connectivity index (χ1n) is 6.79. The van der Waals surface area contributed by atoms with Gasteiger partial charge in [-0.15, -0.1) is 11.3 Å². The third-order valence-electron chi connectivity index (χ3n) is 2.81. The van der Waals surface area contributed by atoms with Crippen LogP contribution in [0.25, 0.3) is 0 Å². The lowest BCUT2D eigenvalue weighted by Gasteiger charge is -2.08. The number of benzene rings is 1. The van der Waals surface area contributed by atoms with Gasteiger partial charge in [-0.3, -0.25) is 9.59 Å². The Morgan fingerprint density at radius 1 is 1.04 bits per heavy atom. The molecule has 0 aliphatic carbocycles. The number of carbonyl (C=O) groups excluding carboxylic acids is 3. The van der Waals surface area contributed by atoms with Gasteiger partial charge in [-0.2, -0.15) is 0 Å². The molecule has 132 valence electrons. The minimum absolute atomic E-state index is 0.319. The summed E-state index contributed by atoms with van der Waals surface area (Å²) in [6, 6.07) is 4.66. The van der Waals surface area contributed by atoms with Crippen molar-refractivity contribution >= 4 is 34.8 Å². The molecule has 0 unspecified atom stereocenters. The van der Waals surface area contributed by atoms with E-state index in [1.165, 1.54) is 6.07 Å². The Hall–Kier alpha value is -2.88. The Balaban J connectivity index is 1.77. The van der Waals surface area contributed by atoms with E-state index in [2.05, 4.69) is 5.32 Å². The van der Waals surface area contributed by atoms with Gasteiger partial charge in [0.1, 0.15) is 4.88 Å². The molecule has 0 bridgehead atoms. The van der Waals surface area contributed by atoms with E-state index in [0.717, 1.165) is 17.4 Å². The molecule has 2 rings (SSSR count). The van der Waals surface area contributed by atoms with Gasteiger partial charge in [0.2, 0.25) is 5.91 Å². The number of amides is 2. The van der Waals surface area contributed by atoms with Crippen molar-refractivity contribution in [1.29, 1.82) is 0 Å².